The highest BCUT2D eigenvalue weighted by atomic mass is 15.2. The molecule has 0 aromatic heterocycles. The molecule has 2 aliphatic rings. The van der Waals surface area contributed by atoms with E-state index >= 15 is 0 Å². The SMILES string of the molecule is CC(C)C1CNCCN1CC1(C)CCCC1. The van der Waals surface area contributed by atoms with Crippen LogP contribution >= 0.6 is 0 Å². The summed E-state index contributed by atoms with van der Waals surface area (Å²) in [5.74, 6) is 0.776. The van der Waals surface area contributed by atoms with Crippen LogP contribution in [0.2, 0.25) is 0 Å². The summed E-state index contributed by atoms with van der Waals surface area (Å²) in [5, 5.41) is 3.54. The summed E-state index contributed by atoms with van der Waals surface area (Å²) >= 11 is 0. The van der Waals surface area contributed by atoms with Gasteiger partial charge in [0.1, 0.15) is 0 Å². The molecule has 1 aliphatic carbocycles. The van der Waals surface area contributed by atoms with Crippen molar-refractivity contribution in [2.45, 2.75) is 52.5 Å². The van der Waals surface area contributed by atoms with Crippen molar-refractivity contribution < 1.29 is 0 Å². The summed E-state index contributed by atoms with van der Waals surface area (Å²) in [7, 11) is 0. The van der Waals surface area contributed by atoms with E-state index < -0.39 is 0 Å². The standard InChI is InChI=1S/C14H28N2/c1-12(2)13-10-15-8-9-16(13)11-14(3)6-4-5-7-14/h12-13,15H,4-11H2,1-3H3. The highest BCUT2D eigenvalue weighted by molar-refractivity contribution is 4.89. The van der Waals surface area contributed by atoms with Gasteiger partial charge in [-0.15, -0.1) is 0 Å². The van der Waals surface area contributed by atoms with E-state index in [1.54, 1.807) is 0 Å². The fraction of sp³-hybridized carbons (Fsp3) is 1.00. The van der Waals surface area contributed by atoms with Crippen LogP contribution in [0, 0.1) is 11.3 Å². The molecule has 1 N–H and O–H groups in total. The van der Waals surface area contributed by atoms with Crippen molar-refractivity contribution in [2.24, 2.45) is 11.3 Å². The molecular formula is C14H28N2. The summed E-state index contributed by atoms with van der Waals surface area (Å²) in [4.78, 5) is 2.76. The molecule has 94 valence electrons. The van der Waals surface area contributed by atoms with Gasteiger partial charge in [-0.1, -0.05) is 33.6 Å². The second-order valence-electron chi connectivity index (χ2n) is 6.50. The van der Waals surface area contributed by atoms with E-state index in [-0.39, 0.29) is 0 Å². The summed E-state index contributed by atoms with van der Waals surface area (Å²) in [6.45, 7) is 12.2. The average molecular weight is 224 g/mol. The van der Waals surface area contributed by atoms with Crippen LogP contribution < -0.4 is 5.32 Å². The highest BCUT2D eigenvalue weighted by Crippen LogP contribution is 2.38. The fourth-order valence-corrected chi connectivity index (χ4v) is 3.50. The van der Waals surface area contributed by atoms with Crippen LogP contribution in [0.5, 0.6) is 0 Å². The van der Waals surface area contributed by atoms with Gasteiger partial charge in [0.15, 0.2) is 0 Å². The number of nitrogens with one attached hydrogen (secondary N) is 1. The Balaban J connectivity index is 1.95. The minimum absolute atomic E-state index is 0.616. The third-order valence-corrected chi connectivity index (χ3v) is 4.56. The zero-order valence-corrected chi connectivity index (χ0v) is 11.3. The Morgan fingerprint density at radius 3 is 2.62 bits per heavy atom. The van der Waals surface area contributed by atoms with Crippen molar-refractivity contribution in [1.29, 1.82) is 0 Å². The molecule has 0 radical (unpaired) electrons. The van der Waals surface area contributed by atoms with Gasteiger partial charge in [-0.05, 0) is 24.2 Å². The summed E-state index contributed by atoms with van der Waals surface area (Å²) in [5.41, 5.74) is 0.616. The normalized spacial score (nSPS) is 31.1. The molecule has 1 aliphatic heterocycles. The fourth-order valence-electron chi connectivity index (χ4n) is 3.50. The molecule has 2 fully saturated rings. The smallest absolute Gasteiger partial charge is 0.0244 e. The van der Waals surface area contributed by atoms with Crippen LogP contribution in [0.4, 0.5) is 0 Å². The minimum atomic E-state index is 0.616. The number of piperazine rings is 1. The number of nitrogens with zero attached hydrogens (tertiary/aromatic N) is 1. The number of hydrogen-bond acceptors (Lipinski definition) is 2. The van der Waals surface area contributed by atoms with Gasteiger partial charge in [-0.2, -0.15) is 0 Å². The molecule has 2 nitrogen and oxygen atoms in total. The molecule has 1 saturated heterocycles. The monoisotopic (exact) mass is 224 g/mol. The molecule has 0 bridgehead atoms. The van der Waals surface area contributed by atoms with Crippen LogP contribution in [0.15, 0.2) is 0 Å². The molecule has 16 heavy (non-hydrogen) atoms. The van der Waals surface area contributed by atoms with Gasteiger partial charge >= 0.3 is 0 Å². The van der Waals surface area contributed by atoms with Crippen molar-refractivity contribution in [1.82, 2.24) is 10.2 Å². The van der Waals surface area contributed by atoms with Gasteiger partial charge < -0.3 is 5.32 Å². The summed E-state index contributed by atoms with van der Waals surface area (Å²) in [6, 6.07) is 0.756. The van der Waals surface area contributed by atoms with Crippen molar-refractivity contribution in [2.75, 3.05) is 26.2 Å². The van der Waals surface area contributed by atoms with E-state index in [0.717, 1.165) is 12.0 Å². The van der Waals surface area contributed by atoms with E-state index in [2.05, 4.69) is 31.0 Å². The second kappa shape index (κ2) is 5.05. The largest absolute Gasteiger partial charge is 0.314 e. The van der Waals surface area contributed by atoms with Crippen LogP contribution in [0.3, 0.4) is 0 Å². The number of hydrogen-bond donors (Lipinski definition) is 1. The first-order valence-electron chi connectivity index (χ1n) is 7.05. The zero-order chi connectivity index (χ0) is 11.6. The first-order valence-corrected chi connectivity index (χ1v) is 7.05. The molecule has 2 rings (SSSR count). The second-order valence-corrected chi connectivity index (χ2v) is 6.50. The van der Waals surface area contributed by atoms with Crippen molar-refractivity contribution in [3.05, 3.63) is 0 Å². The van der Waals surface area contributed by atoms with Gasteiger partial charge in [-0.25, -0.2) is 0 Å². The molecule has 2 heteroatoms. The van der Waals surface area contributed by atoms with Gasteiger partial charge in [0, 0.05) is 32.2 Å². The maximum atomic E-state index is 3.54. The Hall–Kier alpha value is -0.0800. The van der Waals surface area contributed by atoms with Crippen molar-refractivity contribution >= 4 is 0 Å². The third kappa shape index (κ3) is 2.78. The average Bonchev–Trinajstić information content (AvgIpc) is 2.65. The van der Waals surface area contributed by atoms with Gasteiger partial charge in [0.25, 0.3) is 0 Å². The number of rotatable bonds is 3. The lowest BCUT2D eigenvalue weighted by molar-refractivity contribution is 0.0756. The highest BCUT2D eigenvalue weighted by Gasteiger charge is 2.34. The molecule has 1 saturated carbocycles. The first kappa shape index (κ1) is 12.4. The molecule has 1 heterocycles. The Morgan fingerprint density at radius 2 is 2.00 bits per heavy atom. The third-order valence-electron chi connectivity index (χ3n) is 4.56. The van der Waals surface area contributed by atoms with Crippen LogP contribution in [0.1, 0.15) is 46.5 Å². The predicted molar refractivity (Wildman–Crippen MR) is 69.6 cm³/mol. The van der Waals surface area contributed by atoms with Gasteiger partial charge in [-0.3, -0.25) is 4.90 Å². The molecule has 0 amide bonds. The van der Waals surface area contributed by atoms with Gasteiger partial charge in [0.2, 0.25) is 0 Å². The van der Waals surface area contributed by atoms with Crippen molar-refractivity contribution in [3.8, 4) is 0 Å². The van der Waals surface area contributed by atoms with E-state index in [1.807, 2.05) is 0 Å². The van der Waals surface area contributed by atoms with E-state index in [4.69, 9.17) is 0 Å². The molecule has 1 atom stereocenters. The van der Waals surface area contributed by atoms with Crippen LogP contribution in [-0.2, 0) is 0 Å². The molecule has 0 aromatic carbocycles. The Labute approximate surface area is 101 Å². The summed E-state index contributed by atoms with van der Waals surface area (Å²) < 4.78 is 0. The van der Waals surface area contributed by atoms with Crippen molar-refractivity contribution in [3.63, 3.8) is 0 Å². The maximum Gasteiger partial charge on any atom is 0.0244 e. The molecule has 0 spiro atoms. The lowest BCUT2D eigenvalue weighted by Gasteiger charge is -2.42. The first-order chi connectivity index (χ1) is 7.61. The Morgan fingerprint density at radius 1 is 1.31 bits per heavy atom. The predicted octanol–water partition coefficient (Wildman–Crippen LogP) is 2.50. The van der Waals surface area contributed by atoms with Crippen LogP contribution in [0.25, 0.3) is 0 Å². The van der Waals surface area contributed by atoms with Crippen LogP contribution in [-0.4, -0.2) is 37.1 Å². The maximum absolute atomic E-state index is 3.54. The lowest BCUT2D eigenvalue weighted by atomic mass is 9.86. The Kier molecular flexibility index (Phi) is 3.91. The molecular weight excluding hydrogens is 196 g/mol. The van der Waals surface area contributed by atoms with E-state index in [9.17, 15) is 0 Å². The zero-order valence-electron chi connectivity index (χ0n) is 11.3. The minimum Gasteiger partial charge on any atom is -0.314 e. The topological polar surface area (TPSA) is 15.3 Å². The molecule has 1 unspecified atom stereocenters. The molecule has 0 aromatic rings. The summed E-state index contributed by atoms with van der Waals surface area (Å²) in [6.07, 6.45) is 5.80. The Bertz CT molecular complexity index is 219. The van der Waals surface area contributed by atoms with E-state index in [1.165, 1.54) is 51.9 Å². The quantitative estimate of drug-likeness (QED) is 0.792. The lowest BCUT2D eigenvalue weighted by Crippen LogP contribution is -2.55. The van der Waals surface area contributed by atoms with E-state index in [0.29, 0.717) is 5.41 Å². The van der Waals surface area contributed by atoms with Gasteiger partial charge in [0.05, 0.1) is 0 Å².